The van der Waals surface area contributed by atoms with E-state index in [9.17, 15) is 9.59 Å². The van der Waals surface area contributed by atoms with Gasteiger partial charge in [-0.25, -0.2) is 0 Å². The molecule has 0 aliphatic heterocycles. The predicted octanol–water partition coefficient (Wildman–Crippen LogP) is 1.73. The number of nitrogens with zero attached hydrogens (tertiary/aromatic N) is 2. The van der Waals surface area contributed by atoms with E-state index in [0.717, 1.165) is 0 Å². The summed E-state index contributed by atoms with van der Waals surface area (Å²) in [5, 5.41) is 6.97. The lowest BCUT2D eigenvalue weighted by atomic mass is 10.1. The third-order valence-corrected chi connectivity index (χ3v) is 3.36. The van der Waals surface area contributed by atoms with Gasteiger partial charge in [-0.2, -0.15) is 5.10 Å². The molecule has 122 valence electrons. The second-order valence-corrected chi connectivity index (χ2v) is 4.90. The van der Waals surface area contributed by atoms with Crippen LogP contribution in [0.1, 0.15) is 40.4 Å². The highest BCUT2D eigenvalue weighted by atomic mass is 16.5. The number of amides is 2. The van der Waals surface area contributed by atoms with Crippen molar-refractivity contribution in [3.8, 4) is 5.75 Å². The van der Waals surface area contributed by atoms with Crippen LogP contribution in [0.25, 0.3) is 0 Å². The second kappa shape index (κ2) is 6.95. The third kappa shape index (κ3) is 3.33. The zero-order chi connectivity index (χ0) is 17.0. The third-order valence-electron chi connectivity index (χ3n) is 3.36. The molecule has 0 atom stereocenters. The number of hydrogen-bond donors (Lipinski definition) is 2. The van der Waals surface area contributed by atoms with Gasteiger partial charge in [0, 0.05) is 7.05 Å². The Morgan fingerprint density at radius 3 is 2.61 bits per heavy atom. The summed E-state index contributed by atoms with van der Waals surface area (Å²) in [5.41, 5.74) is 6.90. The van der Waals surface area contributed by atoms with Crippen molar-refractivity contribution in [2.45, 2.75) is 20.3 Å². The number of carbonyl (C=O) groups excluding carboxylic acids is 2. The van der Waals surface area contributed by atoms with Crippen LogP contribution >= 0.6 is 0 Å². The topological polar surface area (TPSA) is 99.2 Å². The zero-order valence-electron chi connectivity index (χ0n) is 13.4. The summed E-state index contributed by atoms with van der Waals surface area (Å²) in [6.07, 6.45) is 0.559. The minimum atomic E-state index is -0.645. The molecule has 2 amide bonds. The molecule has 0 unspecified atom stereocenters. The molecule has 0 aliphatic carbocycles. The van der Waals surface area contributed by atoms with E-state index < -0.39 is 5.91 Å². The average molecular weight is 316 g/mol. The van der Waals surface area contributed by atoms with E-state index in [-0.39, 0.29) is 11.6 Å². The van der Waals surface area contributed by atoms with E-state index in [1.54, 1.807) is 31.3 Å². The number of aromatic nitrogens is 2. The van der Waals surface area contributed by atoms with Crippen LogP contribution in [0.5, 0.6) is 5.75 Å². The summed E-state index contributed by atoms with van der Waals surface area (Å²) < 4.78 is 6.84. The zero-order valence-corrected chi connectivity index (χ0v) is 13.4. The molecule has 23 heavy (non-hydrogen) atoms. The van der Waals surface area contributed by atoms with Crippen molar-refractivity contribution in [1.82, 2.24) is 9.78 Å². The number of carbonyl (C=O) groups is 2. The lowest BCUT2D eigenvalue weighted by Gasteiger charge is -2.11. The summed E-state index contributed by atoms with van der Waals surface area (Å²) in [6, 6.07) is 6.91. The molecule has 2 aromatic rings. The highest BCUT2D eigenvalue weighted by molar-refractivity contribution is 6.09. The number of aryl methyl sites for hydroxylation is 2. The van der Waals surface area contributed by atoms with Crippen molar-refractivity contribution >= 4 is 17.5 Å². The number of nitrogens with one attached hydrogen (secondary N) is 1. The van der Waals surface area contributed by atoms with Crippen LogP contribution in [-0.2, 0) is 13.5 Å². The molecule has 0 fully saturated rings. The molecule has 3 N–H and O–H groups in total. The lowest BCUT2D eigenvalue weighted by molar-refractivity contribution is 0.0992. The quantitative estimate of drug-likeness (QED) is 0.847. The van der Waals surface area contributed by atoms with Crippen molar-refractivity contribution in [2.24, 2.45) is 12.8 Å². The highest BCUT2D eigenvalue weighted by Gasteiger charge is 2.22. The number of benzene rings is 1. The summed E-state index contributed by atoms with van der Waals surface area (Å²) in [6.45, 7) is 4.18. The number of para-hydroxylation sites is 1. The van der Waals surface area contributed by atoms with Gasteiger partial charge in [-0.1, -0.05) is 19.1 Å². The Kier molecular flexibility index (Phi) is 5.00. The van der Waals surface area contributed by atoms with Crippen molar-refractivity contribution in [1.29, 1.82) is 0 Å². The van der Waals surface area contributed by atoms with Gasteiger partial charge in [-0.15, -0.1) is 0 Å². The molecule has 0 radical (unpaired) electrons. The first-order valence-corrected chi connectivity index (χ1v) is 7.38. The maximum atomic E-state index is 12.6. The molecule has 0 spiro atoms. The van der Waals surface area contributed by atoms with Gasteiger partial charge in [0.15, 0.2) is 0 Å². The van der Waals surface area contributed by atoms with Gasteiger partial charge in [0.2, 0.25) is 0 Å². The summed E-state index contributed by atoms with van der Waals surface area (Å²) in [7, 11) is 1.61. The Balaban J connectivity index is 2.40. The maximum Gasteiger partial charge on any atom is 0.269 e. The maximum absolute atomic E-state index is 12.6. The van der Waals surface area contributed by atoms with Gasteiger partial charge in [-0.05, 0) is 25.5 Å². The molecular weight excluding hydrogens is 296 g/mol. The van der Waals surface area contributed by atoms with Gasteiger partial charge in [-0.3, -0.25) is 14.3 Å². The number of primary amides is 1. The average Bonchev–Trinajstić information content (AvgIpc) is 2.83. The first-order chi connectivity index (χ1) is 11.0. The fourth-order valence-corrected chi connectivity index (χ4v) is 2.36. The monoisotopic (exact) mass is 316 g/mol. The van der Waals surface area contributed by atoms with Gasteiger partial charge in [0.05, 0.1) is 23.6 Å². The Labute approximate surface area is 134 Å². The van der Waals surface area contributed by atoms with E-state index in [4.69, 9.17) is 10.5 Å². The lowest BCUT2D eigenvalue weighted by Crippen LogP contribution is -2.21. The minimum Gasteiger partial charge on any atom is -0.493 e. The predicted molar refractivity (Wildman–Crippen MR) is 86.7 cm³/mol. The normalized spacial score (nSPS) is 10.4. The first kappa shape index (κ1) is 16.5. The van der Waals surface area contributed by atoms with E-state index in [0.29, 0.717) is 35.7 Å². The highest BCUT2D eigenvalue weighted by Crippen LogP contribution is 2.24. The smallest absolute Gasteiger partial charge is 0.269 e. The van der Waals surface area contributed by atoms with Crippen molar-refractivity contribution in [2.75, 3.05) is 11.9 Å². The standard InChI is InChI=1S/C16H20N4O3/c1-4-11-13(14(15(17)21)20(3)19-11)18-16(22)10-8-6-7-9-12(10)23-5-2/h6-9H,4-5H2,1-3H3,(H2,17,21)(H,18,22). The molecule has 1 aromatic carbocycles. The van der Waals surface area contributed by atoms with Crippen molar-refractivity contribution in [3.63, 3.8) is 0 Å². The van der Waals surface area contributed by atoms with Crippen LogP contribution in [0.2, 0.25) is 0 Å². The number of anilines is 1. The Morgan fingerprint density at radius 1 is 1.30 bits per heavy atom. The number of nitrogens with two attached hydrogens (primary N) is 1. The number of rotatable bonds is 6. The van der Waals surface area contributed by atoms with Crippen LogP contribution in [0.3, 0.4) is 0 Å². The van der Waals surface area contributed by atoms with Gasteiger partial charge in [0.25, 0.3) is 11.8 Å². The van der Waals surface area contributed by atoms with Crippen LogP contribution < -0.4 is 15.8 Å². The van der Waals surface area contributed by atoms with E-state index in [2.05, 4.69) is 10.4 Å². The number of ether oxygens (including phenoxy) is 1. The molecule has 0 saturated carbocycles. The molecule has 2 rings (SSSR count). The van der Waals surface area contributed by atoms with Gasteiger partial charge in [0.1, 0.15) is 11.4 Å². The molecule has 7 heteroatoms. The van der Waals surface area contributed by atoms with Crippen LogP contribution in [0, 0.1) is 0 Å². The molecule has 0 aliphatic rings. The second-order valence-electron chi connectivity index (χ2n) is 4.90. The minimum absolute atomic E-state index is 0.170. The fourth-order valence-electron chi connectivity index (χ4n) is 2.36. The summed E-state index contributed by atoms with van der Waals surface area (Å²) in [4.78, 5) is 24.2. The molecule has 0 bridgehead atoms. The Morgan fingerprint density at radius 2 is 2.00 bits per heavy atom. The Bertz CT molecular complexity index is 737. The molecule has 1 aromatic heterocycles. The SMILES string of the molecule is CCOc1ccccc1C(=O)Nc1c(CC)nn(C)c1C(N)=O. The molecule has 1 heterocycles. The van der Waals surface area contributed by atoms with E-state index >= 15 is 0 Å². The fraction of sp³-hybridized carbons (Fsp3) is 0.312. The van der Waals surface area contributed by atoms with E-state index in [1.165, 1.54) is 4.68 Å². The largest absolute Gasteiger partial charge is 0.493 e. The van der Waals surface area contributed by atoms with Crippen LogP contribution in [0.15, 0.2) is 24.3 Å². The Hall–Kier alpha value is -2.83. The summed E-state index contributed by atoms with van der Waals surface area (Å²) >= 11 is 0. The summed E-state index contributed by atoms with van der Waals surface area (Å²) in [5.74, 6) is -0.539. The van der Waals surface area contributed by atoms with E-state index in [1.807, 2.05) is 13.8 Å². The van der Waals surface area contributed by atoms with Crippen molar-refractivity contribution in [3.05, 3.63) is 41.2 Å². The first-order valence-electron chi connectivity index (χ1n) is 7.38. The van der Waals surface area contributed by atoms with Gasteiger partial charge < -0.3 is 15.8 Å². The molecular formula is C16H20N4O3. The molecule has 7 nitrogen and oxygen atoms in total. The van der Waals surface area contributed by atoms with Crippen molar-refractivity contribution < 1.29 is 14.3 Å². The van der Waals surface area contributed by atoms with Crippen LogP contribution in [-0.4, -0.2) is 28.2 Å². The van der Waals surface area contributed by atoms with Crippen LogP contribution in [0.4, 0.5) is 5.69 Å². The number of hydrogen-bond acceptors (Lipinski definition) is 4. The molecule has 0 saturated heterocycles. The van der Waals surface area contributed by atoms with Gasteiger partial charge >= 0.3 is 0 Å².